The quantitative estimate of drug-likeness (QED) is 0.404. The number of rotatable bonds is 2. The van der Waals surface area contributed by atoms with Crippen LogP contribution in [0.4, 0.5) is 4.39 Å². The fraction of sp³-hybridized carbons (Fsp3) is 0.438. The average molecular weight is 610 g/mol. The summed E-state index contributed by atoms with van der Waals surface area (Å²) >= 11 is 6.20. The molecule has 2 aromatic carbocycles. The monoisotopic (exact) mass is 609 g/mol. The first-order chi connectivity index (χ1) is 20.5. The Balaban J connectivity index is 1.47. The number of halogens is 2. The first-order valence-electron chi connectivity index (χ1n) is 14.8. The van der Waals surface area contributed by atoms with E-state index in [1.165, 1.54) is 21.9 Å². The largest absolute Gasteiger partial charge is 0.355 e. The lowest BCUT2D eigenvalue weighted by atomic mass is 10.0. The zero-order chi connectivity index (χ0) is 30.8. The van der Waals surface area contributed by atoms with Crippen molar-refractivity contribution in [2.45, 2.75) is 58.5 Å². The number of H-pyrrole nitrogens is 1. The molecular weight excluding hydrogens is 573 g/mol. The molecule has 43 heavy (non-hydrogen) atoms. The summed E-state index contributed by atoms with van der Waals surface area (Å²) in [5, 5.41) is 7.28. The third kappa shape index (κ3) is 6.54. The van der Waals surface area contributed by atoms with Crippen LogP contribution < -0.4 is 10.6 Å². The first-order valence-corrected chi connectivity index (χ1v) is 15.1. The van der Waals surface area contributed by atoms with Crippen molar-refractivity contribution in [3.63, 3.8) is 0 Å². The number of nitrogens with one attached hydrogen (secondary N) is 3. The van der Waals surface area contributed by atoms with E-state index in [9.17, 15) is 23.6 Å². The topological polar surface area (TPSA) is 115 Å². The number of benzene rings is 2. The summed E-state index contributed by atoms with van der Waals surface area (Å²) < 4.78 is 14.8. The molecule has 3 N–H and O–H groups in total. The molecule has 0 spiro atoms. The van der Waals surface area contributed by atoms with Gasteiger partial charge >= 0.3 is 0 Å². The molecule has 0 saturated carbocycles. The highest BCUT2D eigenvalue weighted by Crippen LogP contribution is 2.27. The summed E-state index contributed by atoms with van der Waals surface area (Å²) in [5.41, 5.74) is 2.51. The molecule has 0 aliphatic carbocycles. The maximum absolute atomic E-state index is 14.8. The lowest BCUT2D eigenvalue weighted by Crippen LogP contribution is -2.55. The van der Waals surface area contributed by atoms with Crippen LogP contribution in [0.3, 0.4) is 0 Å². The summed E-state index contributed by atoms with van der Waals surface area (Å²) in [6.07, 6.45) is 2.14. The number of carbonyl (C=O) groups excluding carboxylic acids is 4. The van der Waals surface area contributed by atoms with Gasteiger partial charge in [-0.3, -0.25) is 19.2 Å². The van der Waals surface area contributed by atoms with E-state index < -0.39 is 23.8 Å². The molecule has 2 aliphatic rings. The summed E-state index contributed by atoms with van der Waals surface area (Å²) in [6.45, 7) is 6.22. The Kier molecular flexibility index (Phi) is 9.05. The van der Waals surface area contributed by atoms with E-state index >= 15 is 0 Å². The molecule has 1 aromatic heterocycles. The van der Waals surface area contributed by atoms with Gasteiger partial charge in [0.15, 0.2) is 0 Å². The van der Waals surface area contributed by atoms with Gasteiger partial charge in [0.05, 0.1) is 12.1 Å². The van der Waals surface area contributed by atoms with Crippen molar-refractivity contribution in [2.24, 2.45) is 5.92 Å². The third-order valence-corrected chi connectivity index (χ3v) is 8.68. The second-order valence-corrected chi connectivity index (χ2v) is 12.2. The smallest absolute Gasteiger partial charge is 0.271 e. The number of nitrogens with zero attached hydrogens (tertiary/aromatic N) is 2. The van der Waals surface area contributed by atoms with Gasteiger partial charge in [0.2, 0.25) is 11.8 Å². The normalized spacial score (nSPS) is 20.7. The molecule has 1 fully saturated rings. The van der Waals surface area contributed by atoms with Crippen molar-refractivity contribution in [1.29, 1.82) is 0 Å². The van der Waals surface area contributed by atoms with Crippen LogP contribution in [0.15, 0.2) is 36.4 Å². The molecule has 0 unspecified atom stereocenters. The van der Waals surface area contributed by atoms with E-state index in [-0.39, 0.29) is 42.3 Å². The molecule has 3 aromatic rings. The van der Waals surface area contributed by atoms with Crippen LogP contribution in [0.2, 0.25) is 5.02 Å². The third-order valence-electron chi connectivity index (χ3n) is 8.45. The number of amides is 4. The lowest BCUT2D eigenvalue weighted by molar-refractivity contribution is -0.126. The van der Waals surface area contributed by atoms with Gasteiger partial charge < -0.3 is 25.4 Å². The van der Waals surface area contributed by atoms with Crippen molar-refractivity contribution in [3.8, 4) is 0 Å². The van der Waals surface area contributed by atoms with Crippen LogP contribution in [0.25, 0.3) is 10.9 Å². The minimum atomic E-state index is -0.763. The molecular formula is C32H37ClFN5O4. The second-order valence-electron chi connectivity index (χ2n) is 11.8. The average Bonchev–Trinajstić information content (AvgIpc) is 3.59. The fourth-order valence-corrected chi connectivity index (χ4v) is 6.08. The second kappa shape index (κ2) is 12.8. The maximum Gasteiger partial charge on any atom is 0.271 e. The van der Waals surface area contributed by atoms with Crippen molar-refractivity contribution < 1.29 is 23.6 Å². The summed E-state index contributed by atoms with van der Waals surface area (Å²) in [4.78, 5) is 60.3. The fourth-order valence-electron chi connectivity index (χ4n) is 5.91. The van der Waals surface area contributed by atoms with Crippen LogP contribution in [0, 0.1) is 18.7 Å². The lowest BCUT2D eigenvalue weighted by Gasteiger charge is -2.32. The molecule has 9 nitrogen and oxygen atoms in total. The van der Waals surface area contributed by atoms with E-state index in [4.69, 9.17) is 11.6 Å². The molecule has 5 rings (SSSR count). The number of hydrogen-bond donors (Lipinski definition) is 3. The van der Waals surface area contributed by atoms with Gasteiger partial charge in [0.25, 0.3) is 11.8 Å². The highest BCUT2D eigenvalue weighted by molar-refractivity contribution is 6.31. The van der Waals surface area contributed by atoms with E-state index in [0.717, 1.165) is 16.5 Å². The SMILES string of the molecule is Cc1c(C(=O)N2CC(=O)NCCCc3ccc(F)c(c3)C(=O)N3CCC[C@H]3C(=O)N[C@H](C(C)C)C2)[nH]c2ccc(Cl)cc12. The molecule has 2 atom stereocenters. The Labute approximate surface area is 255 Å². The number of aryl methyl sites for hydroxylation is 2. The highest BCUT2D eigenvalue weighted by atomic mass is 35.5. The zero-order valence-electron chi connectivity index (χ0n) is 24.6. The van der Waals surface area contributed by atoms with Gasteiger partial charge in [-0.1, -0.05) is 31.5 Å². The standard InChI is InChI=1S/C32H37ClFN5O4/c1-18(2)26-16-38(32(43)29-19(3)22-15-21(33)9-11-25(22)36-29)17-28(40)35-12-4-6-20-8-10-24(34)23(14-20)31(42)39-13-5-7-27(39)30(41)37-26/h8-11,14-15,18,26-27,36H,4-7,12-13,16-17H2,1-3H3,(H,35,40)(H,37,41)/t26-,27-/m0/s1. The molecule has 4 amide bonds. The Bertz CT molecular complexity index is 1570. The molecule has 1 saturated heterocycles. The predicted molar refractivity (Wildman–Crippen MR) is 163 cm³/mol. The zero-order valence-corrected chi connectivity index (χ0v) is 25.4. The van der Waals surface area contributed by atoms with Gasteiger partial charge in [-0.25, -0.2) is 4.39 Å². The minimum absolute atomic E-state index is 0.0577. The molecule has 11 heteroatoms. The number of carbonyl (C=O) groups is 4. The van der Waals surface area contributed by atoms with Crippen LogP contribution in [-0.2, 0) is 16.0 Å². The predicted octanol–water partition coefficient (Wildman–Crippen LogP) is 4.22. The van der Waals surface area contributed by atoms with Gasteiger partial charge in [-0.15, -0.1) is 0 Å². The number of aromatic amines is 1. The van der Waals surface area contributed by atoms with Crippen LogP contribution >= 0.6 is 11.6 Å². The Morgan fingerprint density at radius 3 is 2.65 bits per heavy atom. The van der Waals surface area contributed by atoms with E-state index in [0.29, 0.717) is 55.1 Å². The first kappa shape index (κ1) is 30.5. The maximum atomic E-state index is 14.8. The summed E-state index contributed by atoms with van der Waals surface area (Å²) in [7, 11) is 0. The minimum Gasteiger partial charge on any atom is -0.355 e. The number of aromatic nitrogens is 1. The number of fused-ring (bicyclic) bond motifs is 4. The van der Waals surface area contributed by atoms with Crippen LogP contribution in [0.1, 0.15) is 65.1 Å². The van der Waals surface area contributed by atoms with E-state index in [1.54, 1.807) is 24.3 Å². The van der Waals surface area contributed by atoms with E-state index in [2.05, 4.69) is 15.6 Å². The van der Waals surface area contributed by atoms with E-state index in [1.807, 2.05) is 20.8 Å². The van der Waals surface area contributed by atoms with Gasteiger partial charge in [0, 0.05) is 41.6 Å². The van der Waals surface area contributed by atoms with Gasteiger partial charge in [0.1, 0.15) is 17.6 Å². The molecule has 228 valence electrons. The van der Waals surface area contributed by atoms with Crippen LogP contribution in [0.5, 0.6) is 0 Å². The van der Waals surface area contributed by atoms with Gasteiger partial charge in [-0.05, 0) is 80.0 Å². The molecule has 2 aliphatic heterocycles. The van der Waals surface area contributed by atoms with Crippen molar-refractivity contribution >= 4 is 46.1 Å². The molecule has 3 heterocycles. The highest BCUT2D eigenvalue weighted by Gasteiger charge is 2.37. The molecule has 2 bridgehead atoms. The Morgan fingerprint density at radius 2 is 1.88 bits per heavy atom. The Hall–Kier alpha value is -3.92. The summed E-state index contributed by atoms with van der Waals surface area (Å²) in [6, 6.07) is 8.49. The number of hydrogen-bond acceptors (Lipinski definition) is 4. The van der Waals surface area contributed by atoms with Crippen molar-refractivity contribution in [1.82, 2.24) is 25.4 Å². The van der Waals surface area contributed by atoms with Crippen LogP contribution in [-0.4, -0.2) is 76.7 Å². The summed E-state index contributed by atoms with van der Waals surface area (Å²) in [5.74, 6) is -2.32. The Morgan fingerprint density at radius 1 is 1.09 bits per heavy atom. The van der Waals surface area contributed by atoms with Crippen molar-refractivity contribution in [3.05, 3.63) is 69.6 Å². The molecule has 0 radical (unpaired) electrons. The van der Waals surface area contributed by atoms with Gasteiger partial charge in [-0.2, -0.15) is 0 Å². The van der Waals surface area contributed by atoms with Crippen molar-refractivity contribution in [2.75, 3.05) is 26.2 Å².